The first-order chi connectivity index (χ1) is 32.0. The molecular weight excluding hydrogens is 846 g/mol. The molecule has 0 bridgehead atoms. The van der Waals surface area contributed by atoms with Crippen LogP contribution in [0.5, 0.6) is 0 Å². The second kappa shape index (κ2) is 47.5. The summed E-state index contributed by atoms with van der Waals surface area (Å²) in [6, 6.07) is 0. The molecule has 2 unspecified atom stereocenters. The lowest BCUT2D eigenvalue weighted by Gasteiger charge is -2.24. The molecule has 0 saturated heterocycles. The van der Waals surface area contributed by atoms with Crippen molar-refractivity contribution in [1.29, 1.82) is 0 Å². The Morgan fingerprint density at radius 2 is 0.864 bits per heavy atom. The molecule has 0 radical (unpaired) electrons. The highest BCUT2D eigenvalue weighted by Gasteiger charge is 2.27. The van der Waals surface area contributed by atoms with Gasteiger partial charge in [0.15, 0.2) is 6.10 Å². The average molecular weight is 947 g/mol. The van der Waals surface area contributed by atoms with Crippen LogP contribution in [0.2, 0.25) is 0 Å². The molecule has 0 heterocycles. The smallest absolute Gasteiger partial charge is 0.462 e. The molecule has 9 nitrogen and oxygen atoms in total. The first kappa shape index (κ1) is 63.5. The number of carbonyl (C=O) groups is 2. The topological polar surface area (TPSA) is 108 Å². The molecule has 0 amide bonds. The minimum atomic E-state index is -4.39. The third kappa shape index (κ3) is 50.9. The van der Waals surface area contributed by atoms with Crippen molar-refractivity contribution in [2.45, 2.75) is 225 Å². The Labute approximate surface area is 406 Å². The van der Waals surface area contributed by atoms with Gasteiger partial charge in [-0.2, -0.15) is 0 Å². The van der Waals surface area contributed by atoms with Gasteiger partial charge in [-0.25, -0.2) is 4.57 Å². The van der Waals surface area contributed by atoms with Crippen molar-refractivity contribution in [2.24, 2.45) is 0 Å². The number of carbonyl (C=O) groups excluding carboxylic acids is 2. The fraction of sp³-hybridized carbons (Fsp3) is 0.750. The van der Waals surface area contributed by atoms with Gasteiger partial charge < -0.3 is 18.9 Å². The first-order valence-electron chi connectivity index (χ1n) is 26.7. The SMILES string of the molecule is CC/C=C\C/C=C\C/C=C\C/C=C\CCCCCCCCCCCCCCCCC(=O)OC(COC(=O)CCCCCCC/C=C\C/C=C\CCCCC)COP(=O)(O)OCC[N+](C)(C)C. The fourth-order valence-electron chi connectivity index (χ4n) is 7.09. The van der Waals surface area contributed by atoms with E-state index in [2.05, 4.69) is 86.8 Å². The van der Waals surface area contributed by atoms with Crippen molar-refractivity contribution < 1.29 is 42.1 Å². The zero-order valence-electron chi connectivity index (χ0n) is 43.2. The van der Waals surface area contributed by atoms with Crippen LogP contribution in [0.4, 0.5) is 0 Å². The van der Waals surface area contributed by atoms with Crippen molar-refractivity contribution in [1.82, 2.24) is 0 Å². The van der Waals surface area contributed by atoms with Gasteiger partial charge in [-0.05, 0) is 83.5 Å². The van der Waals surface area contributed by atoms with Gasteiger partial charge in [-0.3, -0.25) is 18.6 Å². The largest absolute Gasteiger partial charge is 0.472 e. The maximum Gasteiger partial charge on any atom is 0.472 e. The third-order valence-electron chi connectivity index (χ3n) is 11.2. The van der Waals surface area contributed by atoms with E-state index in [9.17, 15) is 19.0 Å². The minimum Gasteiger partial charge on any atom is -0.462 e. The van der Waals surface area contributed by atoms with E-state index in [0.29, 0.717) is 17.4 Å². The lowest BCUT2D eigenvalue weighted by molar-refractivity contribution is -0.870. The Balaban J connectivity index is 4.18. The molecule has 0 spiro atoms. The molecule has 2 atom stereocenters. The molecule has 382 valence electrons. The Morgan fingerprint density at radius 1 is 0.485 bits per heavy atom. The molecule has 0 fully saturated rings. The molecule has 0 aliphatic heterocycles. The predicted molar refractivity (Wildman–Crippen MR) is 279 cm³/mol. The summed E-state index contributed by atoms with van der Waals surface area (Å²) >= 11 is 0. The van der Waals surface area contributed by atoms with Gasteiger partial charge >= 0.3 is 19.8 Å². The summed E-state index contributed by atoms with van der Waals surface area (Å²) in [5.41, 5.74) is 0. The van der Waals surface area contributed by atoms with Crippen molar-refractivity contribution in [3.05, 3.63) is 72.9 Å². The van der Waals surface area contributed by atoms with Crippen LogP contribution >= 0.6 is 7.82 Å². The molecule has 0 aromatic rings. The summed E-state index contributed by atoms with van der Waals surface area (Å²) in [5.74, 6) is -0.814. The third-order valence-corrected chi connectivity index (χ3v) is 12.2. The second-order valence-electron chi connectivity index (χ2n) is 18.9. The van der Waals surface area contributed by atoms with E-state index < -0.39 is 26.5 Å². The van der Waals surface area contributed by atoms with Gasteiger partial charge in [0.05, 0.1) is 27.7 Å². The number of hydrogen-bond donors (Lipinski definition) is 1. The molecular formula is C56H101NO8P+. The van der Waals surface area contributed by atoms with Gasteiger partial charge in [0.1, 0.15) is 19.8 Å². The van der Waals surface area contributed by atoms with Gasteiger partial charge in [0.25, 0.3) is 0 Å². The summed E-state index contributed by atoms with van der Waals surface area (Å²) < 4.78 is 34.5. The van der Waals surface area contributed by atoms with Crippen LogP contribution in [0.3, 0.4) is 0 Å². The normalized spacial score (nSPS) is 14.0. The van der Waals surface area contributed by atoms with Gasteiger partial charge in [0.2, 0.25) is 0 Å². The number of phosphoric ester groups is 1. The van der Waals surface area contributed by atoms with Crippen molar-refractivity contribution in [3.63, 3.8) is 0 Å². The van der Waals surface area contributed by atoms with E-state index in [-0.39, 0.29) is 32.0 Å². The van der Waals surface area contributed by atoms with Crippen LogP contribution in [0.25, 0.3) is 0 Å². The Bertz CT molecular complexity index is 1350. The minimum absolute atomic E-state index is 0.0270. The van der Waals surface area contributed by atoms with E-state index in [1.165, 1.54) is 96.3 Å². The van der Waals surface area contributed by atoms with Crippen LogP contribution in [-0.4, -0.2) is 74.9 Å². The fourth-order valence-corrected chi connectivity index (χ4v) is 7.84. The highest BCUT2D eigenvalue weighted by Crippen LogP contribution is 2.43. The number of phosphoric acid groups is 1. The van der Waals surface area contributed by atoms with Crippen LogP contribution in [0, 0.1) is 0 Å². The number of nitrogens with zero attached hydrogens (tertiary/aromatic N) is 1. The lowest BCUT2D eigenvalue weighted by atomic mass is 10.0. The summed E-state index contributed by atoms with van der Waals surface area (Å²) in [4.78, 5) is 35.6. The number of hydrogen-bond acceptors (Lipinski definition) is 7. The standard InChI is InChI=1S/C56H100NO8P/c1-6-8-10-12-14-16-18-20-22-23-24-25-26-27-28-29-30-31-32-33-35-37-39-41-43-45-47-49-56(59)65-54(53-64-66(60,61)63-51-50-57(3,4)5)52-62-55(58)48-46-44-42-40-38-36-34-21-19-17-15-13-11-9-7-2/h8,10,14-17,20-22,24-25,34,54H,6-7,9,11-13,18-19,23,26-33,35-53H2,1-5H3/p+1/b10-8-,16-14-,17-15-,22-20-,25-24-,34-21-. The summed E-state index contributed by atoms with van der Waals surface area (Å²) in [5, 5.41) is 0. The zero-order valence-corrected chi connectivity index (χ0v) is 44.1. The molecule has 1 N–H and O–H groups in total. The summed E-state index contributed by atoms with van der Waals surface area (Å²) in [7, 11) is 1.46. The molecule has 0 aliphatic rings. The Morgan fingerprint density at radius 3 is 1.29 bits per heavy atom. The highest BCUT2D eigenvalue weighted by atomic mass is 31.2. The molecule has 0 saturated carbocycles. The quantitative estimate of drug-likeness (QED) is 0.0211. The number of likely N-dealkylation sites (N-methyl/N-ethyl adjacent to an activating group) is 1. The van der Waals surface area contributed by atoms with Crippen LogP contribution in [0.1, 0.15) is 219 Å². The van der Waals surface area contributed by atoms with Crippen molar-refractivity contribution in [2.75, 3.05) is 47.5 Å². The van der Waals surface area contributed by atoms with Crippen molar-refractivity contribution in [3.8, 4) is 0 Å². The highest BCUT2D eigenvalue weighted by molar-refractivity contribution is 7.47. The maximum absolute atomic E-state index is 12.8. The molecule has 0 aromatic carbocycles. The van der Waals surface area contributed by atoms with Gasteiger partial charge in [-0.15, -0.1) is 0 Å². The number of esters is 2. The number of quaternary nitrogens is 1. The monoisotopic (exact) mass is 947 g/mol. The van der Waals surface area contributed by atoms with Crippen LogP contribution in [0.15, 0.2) is 72.9 Å². The molecule has 10 heteroatoms. The molecule has 0 aliphatic carbocycles. The van der Waals surface area contributed by atoms with Gasteiger partial charge in [-0.1, -0.05) is 196 Å². The van der Waals surface area contributed by atoms with E-state index in [4.69, 9.17) is 18.5 Å². The summed E-state index contributed by atoms with van der Waals surface area (Å²) in [6.45, 7) is 4.28. The Kier molecular flexibility index (Phi) is 45.7. The van der Waals surface area contributed by atoms with E-state index >= 15 is 0 Å². The number of unbranched alkanes of at least 4 members (excludes halogenated alkanes) is 22. The molecule has 66 heavy (non-hydrogen) atoms. The first-order valence-corrected chi connectivity index (χ1v) is 28.2. The Hall–Kier alpha value is -2.55. The van der Waals surface area contributed by atoms with Crippen LogP contribution in [-0.2, 0) is 32.7 Å². The molecule has 0 aromatic heterocycles. The summed E-state index contributed by atoms with van der Waals surface area (Å²) in [6.07, 6.45) is 61.0. The maximum atomic E-state index is 12.8. The number of ether oxygens (including phenoxy) is 2. The van der Waals surface area contributed by atoms with Gasteiger partial charge in [0, 0.05) is 12.8 Å². The lowest BCUT2D eigenvalue weighted by Crippen LogP contribution is -2.37. The van der Waals surface area contributed by atoms with Crippen LogP contribution < -0.4 is 0 Å². The second-order valence-corrected chi connectivity index (χ2v) is 20.3. The molecule has 0 rings (SSSR count). The van der Waals surface area contributed by atoms with E-state index in [1.54, 1.807) is 0 Å². The predicted octanol–water partition coefficient (Wildman–Crippen LogP) is 16.1. The van der Waals surface area contributed by atoms with Crippen molar-refractivity contribution >= 4 is 19.8 Å². The van der Waals surface area contributed by atoms with E-state index in [1.807, 2.05) is 21.1 Å². The average Bonchev–Trinajstić information content (AvgIpc) is 3.27. The number of rotatable bonds is 48. The van der Waals surface area contributed by atoms with E-state index in [0.717, 1.165) is 89.9 Å². The number of allylic oxidation sites excluding steroid dienone is 12. The zero-order chi connectivity index (χ0) is 48.5.